The summed E-state index contributed by atoms with van der Waals surface area (Å²) in [7, 11) is 0. The Morgan fingerprint density at radius 3 is 2.46 bits per heavy atom. The molecule has 2 aromatic carbocycles. The third-order valence-electron chi connectivity index (χ3n) is 6.01. The number of alkyl halides is 3. The summed E-state index contributed by atoms with van der Waals surface area (Å²) in [4.78, 5) is 15.3. The van der Waals surface area contributed by atoms with E-state index >= 15 is 0 Å². The second-order valence-corrected chi connectivity index (χ2v) is 9.26. The lowest BCUT2D eigenvalue weighted by Gasteiger charge is -2.37. The molecular weight excluding hydrogens is 489 g/mol. The average molecular weight is 519 g/mol. The van der Waals surface area contributed by atoms with Gasteiger partial charge in [-0.1, -0.05) is 18.2 Å². The Morgan fingerprint density at radius 1 is 1.19 bits per heavy atom. The molecule has 0 bridgehead atoms. The first-order chi connectivity index (χ1) is 17.5. The number of carbonyl (C=O) groups is 1. The van der Waals surface area contributed by atoms with Crippen LogP contribution in [-0.4, -0.2) is 64.1 Å². The average Bonchev–Trinajstić information content (AvgIpc) is 3.34. The van der Waals surface area contributed by atoms with Crippen molar-refractivity contribution in [1.82, 2.24) is 20.6 Å². The minimum absolute atomic E-state index is 0.0157. The summed E-state index contributed by atoms with van der Waals surface area (Å²) in [5, 5.41) is 16.6. The zero-order valence-corrected chi connectivity index (χ0v) is 21.0. The van der Waals surface area contributed by atoms with Gasteiger partial charge in [0.2, 0.25) is 5.82 Å². The molecular formula is C25H29F3N6O3. The van der Waals surface area contributed by atoms with Gasteiger partial charge in [0.1, 0.15) is 5.75 Å². The standard InChI is InChI=1S/C25H29F3N6O3/c1-14-6-5-7-15(2)22(14)37-21(11-25(26,27)28)24(35)29-20-9-8-18(10-19(20)23-30-32-33-31-23)34-12-16(3)36-17(4)13-34/h5-10,16-17,21H,11-13H2,1-4H3,(H,29,35)(H,30,31,32,33)/t16-,17?,21-/m0/s1. The Kier molecular flexibility index (Phi) is 7.67. The predicted octanol–water partition coefficient (Wildman–Crippen LogP) is 4.44. The fourth-order valence-corrected chi connectivity index (χ4v) is 4.43. The minimum Gasteiger partial charge on any atom is -0.480 e. The van der Waals surface area contributed by atoms with Crippen LogP contribution < -0.4 is 15.0 Å². The van der Waals surface area contributed by atoms with E-state index in [0.717, 1.165) is 5.69 Å². The highest BCUT2D eigenvalue weighted by Gasteiger charge is 2.38. The van der Waals surface area contributed by atoms with Crippen molar-refractivity contribution < 1.29 is 27.4 Å². The van der Waals surface area contributed by atoms with E-state index in [1.54, 1.807) is 50.2 Å². The van der Waals surface area contributed by atoms with Crippen molar-refractivity contribution in [3.8, 4) is 17.1 Å². The maximum atomic E-state index is 13.4. The lowest BCUT2D eigenvalue weighted by atomic mass is 10.1. The van der Waals surface area contributed by atoms with Crippen LogP contribution in [0.2, 0.25) is 0 Å². The van der Waals surface area contributed by atoms with E-state index in [2.05, 4.69) is 30.8 Å². The molecule has 9 nitrogen and oxygen atoms in total. The number of para-hydroxylation sites is 1. The number of ether oxygens (including phenoxy) is 2. The molecule has 2 N–H and O–H groups in total. The van der Waals surface area contributed by atoms with Gasteiger partial charge in [-0.2, -0.15) is 18.4 Å². The Bertz CT molecular complexity index is 1200. The number of aryl methyl sites for hydroxylation is 2. The van der Waals surface area contributed by atoms with E-state index in [4.69, 9.17) is 9.47 Å². The lowest BCUT2D eigenvalue weighted by molar-refractivity contribution is -0.158. The Labute approximate surface area is 212 Å². The van der Waals surface area contributed by atoms with Gasteiger partial charge >= 0.3 is 6.18 Å². The molecule has 2 heterocycles. The first-order valence-corrected chi connectivity index (χ1v) is 11.9. The topological polar surface area (TPSA) is 105 Å². The highest BCUT2D eigenvalue weighted by molar-refractivity contribution is 5.98. The minimum atomic E-state index is -4.62. The van der Waals surface area contributed by atoms with E-state index in [1.807, 2.05) is 13.8 Å². The molecule has 0 spiro atoms. The zero-order chi connectivity index (χ0) is 26.7. The summed E-state index contributed by atoms with van der Waals surface area (Å²) in [5.41, 5.74) is 2.74. The number of morpholine rings is 1. The fourth-order valence-electron chi connectivity index (χ4n) is 4.43. The number of H-pyrrole nitrogens is 1. The SMILES string of the molecule is Cc1cccc(C)c1O[C@@H](CC(F)(F)F)C(=O)Nc1ccc(N2CC(C)O[C@@H](C)C2)cc1-c1nn[nH]n1. The van der Waals surface area contributed by atoms with Gasteiger partial charge in [0.25, 0.3) is 5.91 Å². The van der Waals surface area contributed by atoms with Crippen LogP contribution in [0.25, 0.3) is 11.4 Å². The number of benzene rings is 2. The van der Waals surface area contributed by atoms with Gasteiger partial charge in [0, 0.05) is 24.3 Å². The van der Waals surface area contributed by atoms with Crippen LogP contribution in [0.1, 0.15) is 31.4 Å². The molecule has 1 unspecified atom stereocenters. The third kappa shape index (κ3) is 6.56. The van der Waals surface area contributed by atoms with Crippen molar-refractivity contribution in [1.29, 1.82) is 0 Å². The molecule has 0 radical (unpaired) electrons. The summed E-state index contributed by atoms with van der Waals surface area (Å²) < 4.78 is 51.7. The summed E-state index contributed by atoms with van der Waals surface area (Å²) in [6.45, 7) is 8.69. The molecule has 198 valence electrons. The number of tetrazole rings is 1. The van der Waals surface area contributed by atoms with Gasteiger partial charge in [-0.05, 0) is 62.2 Å². The number of aromatic nitrogens is 4. The van der Waals surface area contributed by atoms with Crippen molar-refractivity contribution in [2.45, 2.75) is 58.6 Å². The number of halogens is 3. The van der Waals surface area contributed by atoms with Gasteiger partial charge in [-0.3, -0.25) is 4.79 Å². The second-order valence-electron chi connectivity index (χ2n) is 9.26. The van der Waals surface area contributed by atoms with Crippen LogP contribution in [0.4, 0.5) is 24.5 Å². The van der Waals surface area contributed by atoms with E-state index in [0.29, 0.717) is 29.8 Å². The normalized spacial score (nSPS) is 18.9. The van der Waals surface area contributed by atoms with Crippen LogP contribution >= 0.6 is 0 Å². The number of hydrogen-bond acceptors (Lipinski definition) is 7. The van der Waals surface area contributed by atoms with E-state index < -0.39 is 24.6 Å². The van der Waals surface area contributed by atoms with E-state index in [9.17, 15) is 18.0 Å². The molecule has 1 aromatic heterocycles. The fraction of sp³-hybridized carbons (Fsp3) is 0.440. The molecule has 1 fully saturated rings. The quantitative estimate of drug-likeness (QED) is 0.477. The van der Waals surface area contributed by atoms with Gasteiger partial charge in [0.05, 0.1) is 24.3 Å². The van der Waals surface area contributed by atoms with E-state index in [1.165, 1.54) is 0 Å². The first-order valence-electron chi connectivity index (χ1n) is 11.9. The maximum absolute atomic E-state index is 13.4. The van der Waals surface area contributed by atoms with Crippen LogP contribution in [0.5, 0.6) is 5.75 Å². The Morgan fingerprint density at radius 2 is 1.86 bits per heavy atom. The van der Waals surface area contributed by atoms with E-state index in [-0.39, 0.29) is 29.5 Å². The Hall–Kier alpha value is -3.67. The van der Waals surface area contributed by atoms with Crippen molar-refractivity contribution in [3.63, 3.8) is 0 Å². The maximum Gasteiger partial charge on any atom is 0.393 e. The molecule has 37 heavy (non-hydrogen) atoms. The second kappa shape index (κ2) is 10.8. The van der Waals surface area contributed by atoms with Crippen molar-refractivity contribution >= 4 is 17.3 Å². The highest BCUT2D eigenvalue weighted by atomic mass is 19.4. The third-order valence-corrected chi connectivity index (χ3v) is 6.01. The molecule has 1 aliphatic rings. The van der Waals surface area contributed by atoms with Gasteiger partial charge in [0.15, 0.2) is 6.10 Å². The van der Waals surface area contributed by atoms with Crippen LogP contribution in [0.3, 0.4) is 0 Å². The lowest BCUT2D eigenvalue weighted by Crippen LogP contribution is -2.45. The van der Waals surface area contributed by atoms with Crippen LogP contribution in [0.15, 0.2) is 36.4 Å². The summed E-state index contributed by atoms with van der Waals surface area (Å²) in [5.74, 6) is -0.503. The number of nitrogens with one attached hydrogen (secondary N) is 2. The van der Waals surface area contributed by atoms with Gasteiger partial charge < -0.3 is 19.7 Å². The highest BCUT2D eigenvalue weighted by Crippen LogP contribution is 2.33. The molecule has 3 aromatic rings. The summed E-state index contributed by atoms with van der Waals surface area (Å²) >= 11 is 0. The number of aromatic amines is 1. The largest absolute Gasteiger partial charge is 0.480 e. The van der Waals surface area contributed by atoms with Crippen LogP contribution in [-0.2, 0) is 9.53 Å². The van der Waals surface area contributed by atoms with Gasteiger partial charge in [-0.25, -0.2) is 0 Å². The predicted molar refractivity (Wildman–Crippen MR) is 131 cm³/mol. The summed E-state index contributed by atoms with van der Waals surface area (Å²) in [6, 6.07) is 10.4. The number of hydrogen-bond donors (Lipinski definition) is 2. The van der Waals surface area contributed by atoms with Crippen molar-refractivity contribution in [3.05, 3.63) is 47.5 Å². The van der Waals surface area contributed by atoms with Gasteiger partial charge in [-0.15, -0.1) is 10.2 Å². The number of amides is 1. The number of carbonyl (C=O) groups excluding carboxylic acids is 1. The monoisotopic (exact) mass is 518 g/mol. The molecule has 4 rings (SSSR count). The zero-order valence-electron chi connectivity index (χ0n) is 21.0. The number of anilines is 2. The molecule has 0 aliphatic carbocycles. The molecule has 0 saturated carbocycles. The molecule has 1 aliphatic heterocycles. The Balaban J connectivity index is 1.64. The number of rotatable bonds is 7. The molecule has 1 saturated heterocycles. The van der Waals surface area contributed by atoms with Crippen molar-refractivity contribution in [2.75, 3.05) is 23.3 Å². The smallest absolute Gasteiger partial charge is 0.393 e. The first kappa shape index (κ1) is 26.4. The molecule has 1 amide bonds. The number of nitrogens with zero attached hydrogens (tertiary/aromatic N) is 4. The van der Waals surface area contributed by atoms with Crippen LogP contribution in [0, 0.1) is 13.8 Å². The van der Waals surface area contributed by atoms with Crippen molar-refractivity contribution in [2.24, 2.45) is 0 Å². The summed E-state index contributed by atoms with van der Waals surface area (Å²) in [6.07, 6.45) is -7.85. The molecule has 12 heteroatoms. The molecule has 3 atom stereocenters.